The van der Waals surface area contributed by atoms with Gasteiger partial charge in [-0.2, -0.15) is 0 Å². The summed E-state index contributed by atoms with van der Waals surface area (Å²) in [5, 5.41) is 0. The van der Waals surface area contributed by atoms with E-state index in [0.717, 1.165) is 6.42 Å². The van der Waals surface area contributed by atoms with Crippen LogP contribution in [0.25, 0.3) is 0 Å². The topological polar surface area (TPSA) is 3.24 Å². The molecule has 1 aliphatic heterocycles. The number of hydrogen-bond acceptors (Lipinski definition) is 1. The molecule has 0 saturated heterocycles. The fraction of sp³-hybridized carbons (Fsp3) is 0.400. The summed E-state index contributed by atoms with van der Waals surface area (Å²) in [7, 11) is 0. The van der Waals surface area contributed by atoms with E-state index in [1.54, 1.807) is 11.1 Å². The van der Waals surface area contributed by atoms with Crippen LogP contribution in [0.5, 0.6) is 0 Å². The van der Waals surface area contributed by atoms with Crippen molar-refractivity contribution in [3.8, 4) is 0 Å². The van der Waals surface area contributed by atoms with Crippen LogP contribution in [0.4, 0.5) is 0 Å². The summed E-state index contributed by atoms with van der Waals surface area (Å²) in [6.45, 7) is 5.87. The molecule has 0 atom stereocenters. The van der Waals surface area contributed by atoms with Crippen molar-refractivity contribution < 1.29 is 0 Å². The summed E-state index contributed by atoms with van der Waals surface area (Å²) < 4.78 is 0. The largest absolute Gasteiger partial charge is 0.299 e. The van der Waals surface area contributed by atoms with Gasteiger partial charge in [0, 0.05) is 13.1 Å². The minimum Gasteiger partial charge on any atom is -0.299 e. The highest BCUT2D eigenvalue weighted by atomic mass is 15.1. The second-order valence-electron chi connectivity index (χ2n) is 6.18. The number of hydrogen-bond donors (Lipinski definition) is 0. The van der Waals surface area contributed by atoms with Crippen LogP contribution < -0.4 is 0 Å². The molecule has 0 saturated carbocycles. The second kappa shape index (κ2) is 6.91. The van der Waals surface area contributed by atoms with Gasteiger partial charge in [0.05, 0.1) is 0 Å². The summed E-state index contributed by atoms with van der Waals surface area (Å²) in [6.07, 6.45) is 11.6. The smallest absolute Gasteiger partial charge is 0.0202 e. The van der Waals surface area contributed by atoms with E-state index in [1.165, 1.54) is 50.0 Å². The first-order valence-corrected chi connectivity index (χ1v) is 8.14. The Morgan fingerprint density at radius 1 is 1.14 bits per heavy atom. The van der Waals surface area contributed by atoms with E-state index in [4.69, 9.17) is 0 Å². The van der Waals surface area contributed by atoms with Crippen molar-refractivity contribution in [3.05, 3.63) is 70.8 Å². The zero-order valence-corrected chi connectivity index (χ0v) is 13.0. The molecule has 1 aromatic rings. The van der Waals surface area contributed by atoms with Gasteiger partial charge in [-0.05, 0) is 61.4 Å². The van der Waals surface area contributed by atoms with Crippen molar-refractivity contribution in [3.63, 3.8) is 0 Å². The van der Waals surface area contributed by atoms with Crippen molar-refractivity contribution >= 4 is 0 Å². The van der Waals surface area contributed by atoms with Gasteiger partial charge in [-0.3, -0.25) is 4.90 Å². The lowest BCUT2D eigenvalue weighted by molar-refractivity contribution is 0.281. The van der Waals surface area contributed by atoms with E-state index in [-0.39, 0.29) is 0 Å². The predicted octanol–water partition coefficient (Wildman–Crippen LogP) is 4.53. The maximum absolute atomic E-state index is 2.63. The van der Waals surface area contributed by atoms with Crippen LogP contribution in [0.2, 0.25) is 0 Å². The van der Waals surface area contributed by atoms with Crippen molar-refractivity contribution in [2.45, 2.75) is 32.6 Å². The molecule has 0 amide bonds. The van der Waals surface area contributed by atoms with Crippen molar-refractivity contribution in [1.29, 1.82) is 0 Å². The molecule has 0 fully saturated rings. The van der Waals surface area contributed by atoms with Gasteiger partial charge in [0.1, 0.15) is 0 Å². The SMILES string of the molecule is CC1=CC=CCC2=C1CCN(CCCc1ccccc1)C2. The Kier molecular flexibility index (Phi) is 4.72. The maximum Gasteiger partial charge on any atom is 0.0202 e. The zero-order chi connectivity index (χ0) is 14.5. The number of rotatable bonds is 4. The van der Waals surface area contributed by atoms with Gasteiger partial charge in [-0.1, -0.05) is 48.6 Å². The van der Waals surface area contributed by atoms with E-state index >= 15 is 0 Å². The van der Waals surface area contributed by atoms with Gasteiger partial charge in [0.2, 0.25) is 0 Å². The first-order chi connectivity index (χ1) is 10.3. The van der Waals surface area contributed by atoms with E-state index < -0.39 is 0 Å². The molecule has 1 heterocycles. The first-order valence-electron chi connectivity index (χ1n) is 8.14. The van der Waals surface area contributed by atoms with Crippen LogP contribution in [0, 0.1) is 0 Å². The molecule has 1 aromatic carbocycles. The molecule has 1 aliphatic carbocycles. The lowest BCUT2D eigenvalue weighted by Gasteiger charge is -2.30. The van der Waals surface area contributed by atoms with Crippen LogP contribution in [0.15, 0.2) is 65.3 Å². The van der Waals surface area contributed by atoms with Crippen LogP contribution in [-0.4, -0.2) is 24.5 Å². The molecule has 0 bridgehead atoms. The lowest BCUT2D eigenvalue weighted by atomic mass is 9.93. The summed E-state index contributed by atoms with van der Waals surface area (Å²) in [6, 6.07) is 10.8. The molecule has 3 rings (SSSR count). The highest BCUT2D eigenvalue weighted by Gasteiger charge is 2.19. The quantitative estimate of drug-likeness (QED) is 0.783. The first kappa shape index (κ1) is 14.3. The molecule has 1 heteroatoms. The van der Waals surface area contributed by atoms with Gasteiger partial charge in [-0.15, -0.1) is 0 Å². The molecule has 0 aromatic heterocycles. The summed E-state index contributed by atoms with van der Waals surface area (Å²) in [5.41, 5.74) is 6.20. The Bertz CT molecular complexity index is 563. The van der Waals surface area contributed by atoms with Crippen molar-refractivity contribution in [2.24, 2.45) is 0 Å². The summed E-state index contributed by atoms with van der Waals surface area (Å²) in [4.78, 5) is 2.63. The Morgan fingerprint density at radius 2 is 2.00 bits per heavy atom. The molecule has 0 radical (unpaired) electrons. The highest BCUT2D eigenvalue weighted by molar-refractivity contribution is 5.41. The van der Waals surface area contributed by atoms with Crippen LogP contribution in [0.3, 0.4) is 0 Å². The number of allylic oxidation sites excluding steroid dienone is 4. The van der Waals surface area contributed by atoms with E-state index in [2.05, 4.69) is 60.4 Å². The number of aryl methyl sites for hydroxylation is 1. The third-order valence-corrected chi connectivity index (χ3v) is 4.62. The van der Waals surface area contributed by atoms with Gasteiger partial charge in [-0.25, -0.2) is 0 Å². The third-order valence-electron chi connectivity index (χ3n) is 4.62. The van der Waals surface area contributed by atoms with E-state index in [9.17, 15) is 0 Å². The van der Waals surface area contributed by atoms with Gasteiger partial charge < -0.3 is 0 Å². The molecule has 2 aliphatic rings. The Balaban J connectivity index is 1.53. The molecule has 1 nitrogen and oxygen atoms in total. The summed E-state index contributed by atoms with van der Waals surface area (Å²) in [5.74, 6) is 0. The predicted molar refractivity (Wildman–Crippen MR) is 90.4 cm³/mol. The fourth-order valence-corrected chi connectivity index (χ4v) is 3.42. The molecular weight excluding hydrogens is 254 g/mol. The standard InChI is InChI=1S/C20H25N/c1-17-8-5-6-12-19-16-21(15-13-20(17)19)14-7-11-18-9-3-2-4-10-18/h2-6,8-10H,7,11-16H2,1H3. The minimum atomic E-state index is 1.14. The van der Waals surface area contributed by atoms with Gasteiger partial charge in [0.25, 0.3) is 0 Å². The van der Waals surface area contributed by atoms with E-state index in [1.807, 2.05) is 0 Å². The van der Waals surface area contributed by atoms with Crippen LogP contribution >= 0.6 is 0 Å². The minimum absolute atomic E-state index is 1.14. The highest BCUT2D eigenvalue weighted by Crippen LogP contribution is 2.28. The summed E-state index contributed by atoms with van der Waals surface area (Å²) >= 11 is 0. The van der Waals surface area contributed by atoms with Crippen molar-refractivity contribution in [2.75, 3.05) is 19.6 Å². The second-order valence-corrected chi connectivity index (χ2v) is 6.18. The number of nitrogens with zero attached hydrogens (tertiary/aromatic N) is 1. The average molecular weight is 279 g/mol. The molecular formula is C20H25N. The van der Waals surface area contributed by atoms with Gasteiger partial charge >= 0.3 is 0 Å². The normalized spacial score (nSPS) is 19.2. The lowest BCUT2D eigenvalue weighted by Crippen LogP contribution is -2.33. The molecule has 0 N–H and O–H groups in total. The van der Waals surface area contributed by atoms with Crippen LogP contribution in [-0.2, 0) is 6.42 Å². The number of benzene rings is 1. The van der Waals surface area contributed by atoms with E-state index in [0.29, 0.717) is 0 Å². The molecule has 0 unspecified atom stereocenters. The zero-order valence-electron chi connectivity index (χ0n) is 13.0. The molecule has 110 valence electrons. The van der Waals surface area contributed by atoms with Gasteiger partial charge in [0.15, 0.2) is 0 Å². The molecule has 21 heavy (non-hydrogen) atoms. The van der Waals surface area contributed by atoms with Crippen LogP contribution in [0.1, 0.15) is 31.7 Å². The fourth-order valence-electron chi connectivity index (χ4n) is 3.42. The molecule has 0 spiro atoms. The van der Waals surface area contributed by atoms with Crippen molar-refractivity contribution in [1.82, 2.24) is 4.90 Å². The average Bonchev–Trinajstić information content (AvgIpc) is 2.70. The Morgan fingerprint density at radius 3 is 2.86 bits per heavy atom. The Labute approximate surface area is 128 Å². The maximum atomic E-state index is 2.63. The monoisotopic (exact) mass is 279 g/mol. The Hall–Kier alpha value is -1.60. The third kappa shape index (κ3) is 3.74.